The molecule has 0 spiro atoms. The first-order valence-electron chi connectivity index (χ1n) is 9.07. The van der Waals surface area contributed by atoms with Gasteiger partial charge in [0, 0.05) is 5.56 Å². The van der Waals surface area contributed by atoms with Gasteiger partial charge in [-0.3, -0.25) is 0 Å². The van der Waals surface area contributed by atoms with Crippen molar-refractivity contribution in [3.63, 3.8) is 0 Å². The molecule has 1 atom stereocenters. The van der Waals surface area contributed by atoms with E-state index in [-0.39, 0.29) is 11.0 Å². The first-order chi connectivity index (χ1) is 13.6. The molecule has 4 rings (SSSR count). The SMILES string of the molecule is Cc1c(OCC2CO2)cccc1N(c1ccccc1)S(=O)(=O)c1ccccc1. The van der Waals surface area contributed by atoms with Gasteiger partial charge in [0.1, 0.15) is 18.5 Å². The Kier molecular flexibility index (Phi) is 5.07. The molecule has 1 aliphatic rings. The van der Waals surface area contributed by atoms with Crippen molar-refractivity contribution in [2.24, 2.45) is 0 Å². The van der Waals surface area contributed by atoms with Gasteiger partial charge >= 0.3 is 0 Å². The number of anilines is 2. The summed E-state index contributed by atoms with van der Waals surface area (Å²) in [5.74, 6) is 0.650. The zero-order chi connectivity index (χ0) is 19.6. The number of hydrogen-bond donors (Lipinski definition) is 0. The van der Waals surface area contributed by atoms with E-state index >= 15 is 0 Å². The maximum Gasteiger partial charge on any atom is 0.268 e. The highest BCUT2D eigenvalue weighted by atomic mass is 32.2. The summed E-state index contributed by atoms with van der Waals surface area (Å²) in [6, 6.07) is 23.0. The Balaban J connectivity index is 1.82. The van der Waals surface area contributed by atoms with Crippen LogP contribution in [-0.4, -0.2) is 27.7 Å². The molecule has 28 heavy (non-hydrogen) atoms. The Labute approximate surface area is 165 Å². The molecule has 1 saturated heterocycles. The van der Waals surface area contributed by atoms with Crippen molar-refractivity contribution in [3.8, 4) is 5.75 Å². The molecule has 0 amide bonds. The molecule has 1 aliphatic heterocycles. The lowest BCUT2D eigenvalue weighted by atomic mass is 10.1. The summed E-state index contributed by atoms with van der Waals surface area (Å²) >= 11 is 0. The van der Waals surface area contributed by atoms with Crippen molar-refractivity contribution in [2.45, 2.75) is 17.9 Å². The first-order valence-corrected chi connectivity index (χ1v) is 10.5. The molecule has 144 valence electrons. The van der Waals surface area contributed by atoms with E-state index in [1.807, 2.05) is 37.3 Å². The molecule has 0 bridgehead atoms. The van der Waals surface area contributed by atoms with Gasteiger partial charge in [-0.25, -0.2) is 12.7 Å². The quantitative estimate of drug-likeness (QED) is 0.560. The molecular formula is C22H21NO4S. The van der Waals surface area contributed by atoms with Gasteiger partial charge < -0.3 is 9.47 Å². The van der Waals surface area contributed by atoms with Gasteiger partial charge in [-0.2, -0.15) is 0 Å². The zero-order valence-electron chi connectivity index (χ0n) is 15.5. The van der Waals surface area contributed by atoms with Crippen LogP contribution in [0.5, 0.6) is 5.75 Å². The van der Waals surface area contributed by atoms with Crippen LogP contribution in [-0.2, 0) is 14.8 Å². The normalized spacial score (nSPS) is 15.8. The van der Waals surface area contributed by atoms with Crippen molar-refractivity contribution in [1.29, 1.82) is 0 Å². The topological polar surface area (TPSA) is 59.1 Å². The molecule has 3 aromatic carbocycles. The molecule has 0 saturated carbocycles. The van der Waals surface area contributed by atoms with Crippen LogP contribution >= 0.6 is 0 Å². The van der Waals surface area contributed by atoms with E-state index in [0.717, 1.165) is 5.56 Å². The fourth-order valence-electron chi connectivity index (χ4n) is 2.99. The summed E-state index contributed by atoms with van der Waals surface area (Å²) in [4.78, 5) is 0.232. The molecule has 5 nitrogen and oxygen atoms in total. The smallest absolute Gasteiger partial charge is 0.268 e. The minimum absolute atomic E-state index is 0.126. The lowest BCUT2D eigenvalue weighted by Crippen LogP contribution is -2.27. The third kappa shape index (κ3) is 3.74. The van der Waals surface area contributed by atoms with Crippen LogP contribution in [0.3, 0.4) is 0 Å². The van der Waals surface area contributed by atoms with Gasteiger partial charge in [0.25, 0.3) is 10.0 Å². The number of para-hydroxylation sites is 1. The monoisotopic (exact) mass is 395 g/mol. The highest BCUT2D eigenvalue weighted by Crippen LogP contribution is 2.37. The molecule has 0 N–H and O–H groups in total. The fraction of sp³-hybridized carbons (Fsp3) is 0.182. The van der Waals surface area contributed by atoms with Crippen molar-refractivity contribution < 1.29 is 17.9 Å². The van der Waals surface area contributed by atoms with E-state index in [2.05, 4.69) is 0 Å². The first kappa shape index (κ1) is 18.5. The van der Waals surface area contributed by atoms with Gasteiger partial charge in [0.2, 0.25) is 0 Å². The van der Waals surface area contributed by atoms with Crippen molar-refractivity contribution in [3.05, 3.63) is 84.4 Å². The molecule has 1 heterocycles. The standard InChI is InChI=1S/C22H21NO4S/c1-17-21(13-8-14-22(17)27-16-19-15-26-19)23(18-9-4-2-5-10-18)28(24,25)20-11-6-3-7-12-20/h2-14,19H,15-16H2,1H3. The molecule has 3 aromatic rings. The lowest BCUT2D eigenvalue weighted by molar-refractivity contribution is 0.262. The summed E-state index contributed by atoms with van der Waals surface area (Å²) in [5.41, 5.74) is 1.88. The van der Waals surface area contributed by atoms with E-state index in [1.165, 1.54) is 4.31 Å². The molecule has 0 aliphatic carbocycles. The van der Waals surface area contributed by atoms with Crippen LogP contribution in [0.1, 0.15) is 5.56 Å². The van der Waals surface area contributed by atoms with Crippen LogP contribution < -0.4 is 9.04 Å². The molecular weight excluding hydrogens is 374 g/mol. The number of hydrogen-bond acceptors (Lipinski definition) is 4. The second kappa shape index (κ2) is 7.66. The third-order valence-corrected chi connectivity index (χ3v) is 6.33. The number of benzene rings is 3. The molecule has 0 aromatic heterocycles. The fourth-order valence-corrected chi connectivity index (χ4v) is 4.56. The summed E-state index contributed by atoms with van der Waals surface area (Å²) < 4.78 is 39.5. The van der Waals surface area contributed by atoms with Crippen molar-refractivity contribution in [1.82, 2.24) is 0 Å². The average Bonchev–Trinajstić information content (AvgIpc) is 3.54. The van der Waals surface area contributed by atoms with Crippen LogP contribution in [0.25, 0.3) is 0 Å². The molecule has 6 heteroatoms. The van der Waals surface area contributed by atoms with Gasteiger partial charge in [-0.1, -0.05) is 42.5 Å². The third-order valence-electron chi connectivity index (χ3n) is 4.57. The highest BCUT2D eigenvalue weighted by molar-refractivity contribution is 7.93. The molecule has 1 fully saturated rings. The van der Waals surface area contributed by atoms with Gasteiger partial charge in [-0.05, 0) is 43.3 Å². The minimum Gasteiger partial charge on any atom is -0.490 e. The van der Waals surface area contributed by atoms with E-state index < -0.39 is 10.0 Å². The molecule has 0 radical (unpaired) electrons. The summed E-state index contributed by atoms with van der Waals surface area (Å²) in [6.45, 7) is 3.03. The predicted molar refractivity (Wildman–Crippen MR) is 109 cm³/mol. The largest absolute Gasteiger partial charge is 0.490 e. The van der Waals surface area contributed by atoms with Gasteiger partial charge in [0.05, 0.1) is 22.9 Å². The summed E-state index contributed by atoms with van der Waals surface area (Å²) in [5, 5.41) is 0. The van der Waals surface area contributed by atoms with Crippen LogP contribution in [0.4, 0.5) is 11.4 Å². The van der Waals surface area contributed by atoms with E-state index in [9.17, 15) is 8.42 Å². The summed E-state index contributed by atoms with van der Waals surface area (Å²) in [7, 11) is -3.81. The Bertz CT molecular complexity index is 1050. The maximum atomic E-state index is 13.5. The Morgan fingerprint density at radius 2 is 1.61 bits per heavy atom. The summed E-state index contributed by atoms with van der Waals surface area (Å²) in [6.07, 6.45) is 0.126. The van der Waals surface area contributed by atoms with Crippen molar-refractivity contribution >= 4 is 21.4 Å². The number of epoxide rings is 1. The van der Waals surface area contributed by atoms with E-state index in [0.29, 0.717) is 30.3 Å². The van der Waals surface area contributed by atoms with Gasteiger partial charge in [0.15, 0.2) is 0 Å². The Morgan fingerprint density at radius 3 is 2.25 bits per heavy atom. The predicted octanol–water partition coefficient (Wildman–Crippen LogP) is 4.30. The average molecular weight is 395 g/mol. The lowest BCUT2D eigenvalue weighted by Gasteiger charge is -2.27. The van der Waals surface area contributed by atoms with E-state index in [4.69, 9.17) is 9.47 Å². The zero-order valence-corrected chi connectivity index (χ0v) is 16.3. The molecule has 1 unspecified atom stereocenters. The second-order valence-corrected chi connectivity index (χ2v) is 8.37. The maximum absolute atomic E-state index is 13.5. The minimum atomic E-state index is -3.81. The van der Waals surface area contributed by atoms with Gasteiger partial charge in [-0.15, -0.1) is 0 Å². The Hall–Kier alpha value is -2.83. The number of nitrogens with zero attached hydrogens (tertiary/aromatic N) is 1. The van der Waals surface area contributed by atoms with Crippen LogP contribution in [0, 0.1) is 6.92 Å². The number of sulfonamides is 1. The second-order valence-electron chi connectivity index (χ2n) is 6.58. The van der Waals surface area contributed by atoms with Crippen LogP contribution in [0.2, 0.25) is 0 Å². The number of ether oxygens (including phenoxy) is 2. The van der Waals surface area contributed by atoms with Crippen LogP contribution in [0.15, 0.2) is 83.8 Å². The van der Waals surface area contributed by atoms with Crippen molar-refractivity contribution in [2.75, 3.05) is 17.5 Å². The number of rotatable bonds is 7. The van der Waals surface area contributed by atoms with E-state index in [1.54, 1.807) is 48.5 Å². The highest BCUT2D eigenvalue weighted by Gasteiger charge is 2.29. The Morgan fingerprint density at radius 1 is 0.964 bits per heavy atom.